The molecule has 0 atom stereocenters. The minimum absolute atomic E-state index is 0.828. The van der Waals surface area contributed by atoms with Gasteiger partial charge >= 0.3 is 97.7 Å². The van der Waals surface area contributed by atoms with Crippen molar-refractivity contribution in [3.63, 3.8) is 0 Å². The Bertz CT molecular complexity index is 1100. The first-order chi connectivity index (χ1) is 22.1. The molecule has 3 nitrogen and oxygen atoms in total. The second kappa shape index (κ2) is 12.6. The predicted octanol–water partition coefficient (Wildman–Crippen LogP) is 10.8. The van der Waals surface area contributed by atoms with Gasteiger partial charge in [-0.2, -0.15) is 119 Å². The zero-order valence-corrected chi connectivity index (χ0v) is 23.7. The second-order valence-corrected chi connectivity index (χ2v) is 13.6. The van der Waals surface area contributed by atoms with Crippen molar-refractivity contribution in [2.24, 2.45) is 0 Å². The molecule has 0 unspecified atom stereocenters. The maximum atomic E-state index is 14.9. The van der Waals surface area contributed by atoms with Crippen LogP contribution in [0.2, 0.25) is 6.55 Å². The van der Waals surface area contributed by atoms with Crippen molar-refractivity contribution >= 4 is 8.07 Å². The van der Waals surface area contributed by atoms with Crippen LogP contribution in [0.4, 0.5) is 145 Å². The fraction of sp³-hybridized carbons (Fsp3) is 1.00. The van der Waals surface area contributed by atoms with Crippen molar-refractivity contribution < 1.29 is 159 Å². The van der Waals surface area contributed by atoms with Crippen LogP contribution in [0, 0.1) is 0 Å². The Morgan fingerprint density at radius 1 is 0.245 bits per heavy atom. The fourth-order valence-corrected chi connectivity index (χ4v) is 6.10. The minimum Gasteiger partial charge on any atom is -0.263 e. The van der Waals surface area contributed by atoms with Crippen LogP contribution < -0.4 is 0 Å². The Morgan fingerprint density at radius 2 is 0.358 bits per heavy atom. The maximum absolute atomic E-state index is 14.9. The third kappa shape index (κ3) is 7.42. The maximum Gasteiger partial charge on any atom is 0.458 e. The molecule has 0 radical (unpaired) electrons. The number of rotatable bonds is 12. The lowest BCUT2D eigenvalue weighted by Crippen LogP contribution is -2.86. The van der Waals surface area contributed by atoms with Gasteiger partial charge in [-0.25, -0.2) is 26.3 Å². The summed E-state index contributed by atoms with van der Waals surface area (Å²) in [4.78, 5) is 0. The molecule has 0 aliphatic heterocycles. The summed E-state index contributed by atoms with van der Waals surface area (Å²) in [5.41, 5.74) is -29.1. The van der Waals surface area contributed by atoms with Gasteiger partial charge in [-0.3, -0.25) is 14.2 Å². The lowest BCUT2D eigenvalue weighted by atomic mass is 10.3. The summed E-state index contributed by atoms with van der Waals surface area (Å²) in [5.74, 6) is -26.2. The molecule has 0 aromatic rings. The van der Waals surface area contributed by atoms with Gasteiger partial charge in [0.05, 0.1) is 0 Å². The third-order valence-corrected chi connectivity index (χ3v) is 10.6. The summed E-state index contributed by atoms with van der Waals surface area (Å²) >= 11 is 0. The molecule has 0 aromatic heterocycles. The summed E-state index contributed by atoms with van der Waals surface area (Å²) in [6.07, 6.45) is -79.0. The molecule has 0 aromatic carbocycles. The molecule has 320 valence electrons. The van der Waals surface area contributed by atoms with E-state index in [4.69, 9.17) is 0 Å². The zero-order valence-electron chi connectivity index (χ0n) is 22.7. The number of ether oxygens (including phenoxy) is 3. The molecule has 0 bridgehead atoms. The first-order valence-electron chi connectivity index (χ1n) is 11.0. The average Bonchev–Trinajstić information content (AvgIpc) is 2.82. The van der Waals surface area contributed by atoms with E-state index in [-0.39, 0.29) is 0 Å². The Balaban J connectivity index is 8.70. The van der Waals surface area contributed by atoms with E-state index in [0.29, 0.717) is 0 Å². The zero-order chi connectivity index (χ0) is 44.1. The first-order valence-corrected chi connectivity index (χ1v) is 13.5. The van der Waals surface area contributed by atoms with Crippen LogP contribution in [0.1, 0.15) is 0 Å². The SMILES string of the molecule is C[Si](C(F)(F)C(F)(F)OC(F)(C(F)(F)F)C(F)(F)F)(C(F)(F)C(F)(F)OC(F)(C(F)(F)F)C(F)(F)F)C(F)(F)C(F)(F)OC(F)(C(F)(F)F)C(F)(F)F. The third-order valence-electron chi connectivity index (χ3n) is 5.97. The highest BCUT2D eigenvalue weighted by atomic mass is 28.3. The van der Waals surface area contributed by atoms with Crippen molar-refractivity contribution in [1.82, 2.24) is 0 Å². The molecule has 0 N–H and O–H groups in total. The van der Waals surface area contributed by atoms with E-state index >= 15 is 0 Å². The molecule has 0 spiro atoms. The van der Waals surface area contributed by atoms with Crippen molar-refractivity contribution in [3.8, 4) is 0 Å². The largest absolute Gasteiger partial charge is 0.458 e. The van der Waals surface area contributed by atoms with Gasteiger partial charge in [-0.1, -0.05) is 6.55 Å². The van der Waals surface area contributed by atoms with Crippen LogP contribution in [-0.2, 0) is 14.2 Å². The van der Waals surface area contributed by atoms with E-state index in [9.17, 15) is 145 Å². The molecule has 0 rings (SSSR count). The van der Waals surface area contributed by atoms with E-state index in [1.165, 1.54) is 0 Å². The van der Waals surface area contributed by atoms with Crippen LogP contribution in [0.15, 0.2) is 0 Å². The van der Waals surface area contributed by atoms with Crippen molar-refractivity contribution in [3.05, 3.63) is 0 Å². The fourth-order valence-electron chi connectivity index (χ4n) is 3.02. The Labute approximate surface area is 264 Å². The van der Waals surface area contributed by atoms with Gasteiger partial charge in [-0.15, -0.1) is 0 Å². The van der Waals surface area contributed by atoms with Gasteiger partial charge in [0.25, 0.3) is 0 Å². The normalized spacial score (nSPS) is 17.1. The van der Waals surface area contributed by atoms with E-state index in [2.05, 4.69) is 0 Å². The molecule has 53 heavy (non-hydrogen) atoms. The molecule has 0 saturated carbocycles. The summed E-state index contributed by atoms with van der Waals surface area (Å²) in [5, 5.41) is 0. The Kier molecular flexibility index (Phi) is 12.1. The predicted molar refractivity (Wildman–Crippen MR) is 92.4 cm³/mol. The number of halogens is 33. The van der Waals surface area contributed by atoms with Gasteiger partial charge in [0, 0.05) is 0 Å². The summed E-state index contributed by atoms with van der Waals surface area (Å²) in [7, 11) is -11.8. The second-order valence-electron chi connectivity index (χ2n) is 9.48. The number of hydrogen-bond donors (Lipinski definition) is 0. The Hall–Kier alpha value is -2.21. The first kappa shape index (κ1) is 50.8. The summed E-state index contributed by atoms with van der Waals surface area (Å²) < 4.78 is 445. The minimum atomic E-state index is -11.8. The lowest BCUT2D eigenvalue weighted by Gasteiger charge is -2.50. The van der Waals surface area contributed by atoms with Gasteiger partial charge < -0.3 is 0 Å². The van der Waals surface area contributed by atoms with Crippen molar-refractivity contribution in [1.29, 1.82) is 0 Å². The Morgan fingerprint density at radius 3 is 0.453 bits per heavy atom. The molecule has 0 aliphatic rings. The molecular formula is C16H3F33O3Si. The van der Waals surface area contributed by atoms with Crippen LogP contribution in [0.3, 0.4) is 0 Å². The van der Waals surface area contributed by atoms with Crippen LogP contribution in [-0.4, -0.2) is 97.7 Å². The number of hydrogen-bond acceptors (Lipinski definition) is 3. The average molecular weight is 898 g/mol. The molecule has 0 heterocycles. The molecule has 0 amide bonds. The van der Waals surface area contributed by atoms with Crippen LogP contribution in [0.25, 0.3) is 0 Å². The molecule has 0 saturated heterocycles. The molecular weight excluding hydrogens is 895 g/mol. The summed E-state index contributed by atoms with van der Waals surface area (Å²) in [6.45, 7) is -3.05. The van der Waals surface area contributed by atoms with Crippen LogP contribution >= 0.6 is 0 Å². The number of alkyl halides is 33. The van der Waals surface area contributed by atoms with Gasteiger partial charge in [0.1, 0.15) is 0 Å². The molecule has 37 heteroatoms. The standard InChI is InChI=1S/C16H3F33O3Si/c1-53(14(44,45)11(38,39)50-2(17,5(20,21)22)6(23,24)25,15(46,47)12(40,41)51-3(18,7(26,27)28)8(29,30)31)16(48,49)13(42,43)52-4(19,9(32,33)34)10(35,36)37/h1H3. The van der Waals surface area contributed by atoms with E-state index in [1.807, 2.05) is 0 Å². The topological polar surface area (TPSA) is 27.7 Å². The highest BCUT2D eigenvalue weighted by molar-refractivity contribution is 6.86. The quantitative estimate of drug-likeness (QED) is 0.144. The smallest absolute Gasteiger partial charge is 0.263 e. The van der Waals surface area contributed by atoms with Gasteiger partial charge in [0.2, 0.25) is 0 Å². The van der Waals surface area contributed by atoms with Crippen LogP contribution in [0.5, 0.6) is 0 Å². The van der Waals surface area contributed by atoms with Gasteiger partial charge in [0.15, 0.2) is 0 Å². The summed E-state index contributed by atoms with van der Waals surface area (Å²) in [6, 6.07) is 0. The van der Waals surface area contributed by atoms with E-state index in [1.54, 1.807) is 0 Å². The highest BCUT2D eigenvalue weighted by Gasteiger charge is 2.99. The van der Waals surface area contributed by atoms with E-state index in [0.717, 1.165) is 14.2 Å². The van der Waals surface area contributed by atoms with E-state index < -0.39 is 104 Å². The highest BCUT2D eigenvalue weighted by Crippen LogP contribution is 2.65. The molecule has 0 aliphatic carbocycles. The van der Waals surface area contributed by atoms with Crippen molar-refractivity contribution in [2.45, 2.75) is 96.1 Å². The lowest BCUT2D eigenvalue weighted by molar-refractivity contribution is -0.508. The van der Waals surface area contributed by atoms with Gasteiger partial charge in [-0.05, 0) is 0 Å². The monoisotopic (exact) mass is 898 g/mol. The molecule has 0 fully saturated rings. The van der Waals surface area contributed by atoms with Crippen molar-refractivity contribution in [2.75, 3.05) is 0 Å².